The van der Waals surface area contributed by atoms with E-state index in [1.54, 1.807) is 20.8 Å². The van der Waals surface area contributed by atoms with Crippen LogP contribution in [0.3, 0.4) is 0 Å². The van der Waals surface area contributed by atoms with Crippen molar-refractivity contribution in [3.63, 3.8) is 0 Å². The lowest BCUT2D eigenvalue weighted by Crippen LogP contribution is -2.38. The molecule has 0 aliphatic carbocycles. The Hall–Kier alpha value is -0.410. The Morgan fingerprint density at radius 1 is 1.18 bits per heavy atom. The first-order valence-corrected chi connectivity index (χ1v) is 6.37. The second-order valence-corrected chi connectivity index (χ2v) is 6.32. The van der Waals surface area contributed by atoms with Crippen molar-refractivity contribution in [2.75, 3.05) is 6.61 Å². The monoisotopic (exact) mass is 244 g/mol. The molecule has 1 atom stereocenters. The average molecular weight is 244 g/mol. The molecule has 102 valence electrons. The molecule has 17 heavy (non-hydrogen) atoms. The number of ether oxygens (including phenoxy) is 1. The molecule has 0 bridgehead atoms. The maximum Gasteiger partial charge on any atom is 0.167 e. The molecule has 0 spiro atoms. The minimum absolute atomic E-state index is 0.128. The minimum Gasteiger partial charge on any atom is -0.390 e. The summed E-state index contributed by atoms with van der Waals surface area (Å²) in [6.45, 7) is 13.7. The van der Waals surface area contributed by atoms with E-state index in [-0.39, 0.29) is 17.1 Å². The van der Waals surface area contributed by atoms with Gasteiger partial charge in [0.25, 0.3) is 0 Å². The number of hydrogen-bond acceptors (Lipinski definition) is 3. The van der Waals surface area contributed by atoms with Crippen molar-refractivity contribution in [1.29, 1.82) is 0 Å². The van der Waals surface area contributed by atoms with Gasteiger partial charge in [0, 0.05) is 5.41 Å². The highest BCUT2D eigenvalue weighted by Crippen LogP contribution is 2.29. The van der Waals surface area contributed by atoms with Crippen molar-refractivity contribution in [2.45, 2.75) is 66.6 Å². The lowest BCUT2D eigenvalue weighted by molar-refractivity contribution is -0.141. The van der Waals surface area contributed by atoms with Gasteiger partial charge in [-0.15, -0.1) is 0 Å². The zero-order valence-electron chi connectivity index (χ0n) is 12.3. The van der Waals surface area contributed by atoms with Crippen LogP contribution in [0.1, 0.15) is 54.9 Å². The topological polar surface area (TPSA) is 46.5 Å². The normalized spacial score (nSPS) is 15.1. The smallest absolute Gasteiger partial charge is 0.167 e. The molecule has 0 saturated heterocycles. The molecule has 0 aliphatic heterocycles. The van der Waals surface area contributed by atoms with Crippen LogP contribution in [-0.4, -0.2) is 29.2 Å². The average Bonchev–Trinajstić information content (AvgIpc) is 2.13. The Balaban J connectivity index is 4.25. The summed E-state index contributed by atoms with van der Waals surface area (Å²) in [5.74, 6) is 0.415. The summed E-state index contributed by atoms with van der Waals surface area (Å²) in [7, 11) is 0. The summed E-state index contributed by atoms with van der Waals surface area (Å²) in [5, 5.41) is 9.55. The number of aliphatic hydroxyl groups is 1. The summed E-state index contributed by atoms with van der Waals surface area (Å²) in [6.07, 6.45) is 0.127. The van der Waals surface area contributed by atoms with Crippen molar-refractivity contribution in [3.05, 3.63) is 0 Å². The van der Waals surface area contributed by atoms with Crippen LogP contribution in [0.4, 0.5) is 0 Å². The minimum atomic E-state index is -0.740. The zero-order chi connectivity index (χ0) is 13.9. The number of Topliss-reactive ketones (excluding diaryl/α,β-unsaturated/α-hetero) is 1. The standard InChI is InChI=1S/C14H28O3/c1-10(2)14(6,7)12(15)11(3)17-9-8-13(4,5)16/h10-11,16H,8-9H2,1-7H3. The van der Waals surface area contributed by atoms with E-state index in [1.807, 2.05) is 27.7 Å². The van der Waals surface area contributed by atoms with E-state index in [4.69, 9.17) is 4.74 Å². The Bertz CT molecular complexity index is 249. The lowest BCUT2D eigenvalue weighted by atomic mass is 9.76. The van der Waals surface area contributed by atoms with Crippen LogP contribution in [0.5, 0.6) is 0 Å². The molecule has 0 radical (unpaired) electrons. The van der Waals surface area contributed by atoms with Gasteiger partial charge in [-0.1, -0.05) is 27.7 Å². The van der Waals surface area contributed by atoms with Gasteiger partial charge in [-0.2, -0.15) is 0 Å². The van der Waals surface area contributed by atoms with E-state index in [9.17, 15) is 9.90 Å². The molecule has 0 aromatic rings. The summed E-state index contributed by atoms with van der Waals surface area (Å²) in [5.41, 5.74) is -1.11. The van der Waals surface area contributed by atoms with E-state index < -0.39 is 11.7 Å². The molecule has 0 rings (SSSR count). The highest BCUT2D eigenvalue weighted by atomic mass is 16.5. The zero-order valence-corrected chi connectivity index (χ0v) is 12.3. The van der Waals surface area contributed by atoms with Crippen molar-refractivity contribution in [1.82, 2.24) is 0 Å². The van der Waals surface area contributed by atoms with Crippen LogP contribution in [0.15, 0.2) is 0 Å². The predicted octanol–water partition coefficient (Wildman–Crippen LogP) is 2.80. The van der Waals surface area contributed by atoms with Gasteiger partial charge < -0.3 is 9.84 Å². The molecule has 0 fully saturated rings. The molecule has 3 heteroatoms. The van der Waals surface area contributed by atoms with E-state index >= 15 is 0 Å². The second kappa shape index (κ2) is 5.96. The number of rotatable bonds is 7. The molecule has 1 N–H and O–H groups in total. The molecular weight excluding hydrogens is 216 g/mol. The van der Waals surface area contributed by atoms with E-state index in [0.717, 1.165) is 0 Å². The summed E-state index contributed by atoms with van der Waals surface area (Å²) in [6, 6.07) is 0. The lowest BCUT2D eigenvalue weighted by Gasteiger charge is -2.30. The highest BCUT2D eigenvalue weighted by Gasteiger charge is 2.34. The third-order valence-electron chi connectivity index (χ3n) is 3.53. The molecule has 0 saturated carbocycles. The van der Waals surface area contributed by atoms with Crippen molar-refractivity contribution in [2.24, 2.45) is 11.3 Å². The van der Waals surface area contributed by atoms with Gasteiger partial charge in [-0.25, -0.2) is 0 Å². The van der Waals surface area contributed by atoms with Crippen LogP contribution in [0, 0.1) is 11.3 Å². The largest absolute Gasteiger partial charge is 0.390 e. The highest BCUT2D eigenvalue weighted by molar-refractivity contribution is 5.88. The molecule has 1 unspecified atom stereocenters. The first kappa shape index (κ1) is 16.6. The van der Waals surface area contributed by atoms with Crippen LogP contribution >= 0.6 is 0 Å². The molecular formula is C14H28O3. The first-order valence-electron chi connectivity index (χ1n) is 6.37. The third-order valence-corrected chi connectivity index (χ3v) is 3.53. The van der Waals surface area contributed by atoms with Gasteiger partial charge in [0.15, 0.2) is 5.78 Å². The predicted molar refractivity (Wildman–Crippen MR) is 70.0 cm³/mol. The molecule has 0 aromatic carbocycles. The SMILES string of the molecule is CC(OCCC(C)(C)O)C(=O)C(C)(C)C(C)C. The molecule has 3 nitrogen and oxygen atoms in total. The van der Waals surface area contributed by atoms with Gasteiger partial charge in [0.05, 0.1) is 12.2 Å². The van der Waals surface area contributed by atoms with Crippen molar-refractivity contribution in [3.8, 4) is 0 Å². The second-order valence-electron chi connectivity index (χ2n) is 6.32. The van der Waals surface area contributed by atoms with Crippen LogP contribution in [0.2, 0.25) is 0 Å². The molecule has 0 amide bonds. The van der Waals surface area contributed by atoms with Gasteiger partial charge in [-0.05, 0) is 33.1 Å². The van der Waals surface area contributed by atoms with Gasteiger partial charge in [-0.3, -0.25) is 4.79 Å². The van der Waals surface area contributed by atoms with Crippen LogP contribution < -0.4 is 0 Å². The number of carbonyl (C=O) groups is 1. The molecule has 0 heterocycles. The fraction of sp³-hybridized carbons (Fsp3) is 0.929. The summed E-state index contributed by atoms with van der Waals surface area (Å²) >= 11 is 0. The first-order chi connectivity index (χ1) is 7.48. The van der Waals surface area contributed by atoms with Crippen LogP contribution in [-0.2, 0) is 9.53 Å². The van der Waals surface area contributed by atoms with Gasteiger partial charge >= 0.3 is 0 Å². The quantitative estimate of drug-likeness (QED) is 0.749. The Morgan fingerprint density at radius 3 is 2.00 bits per heavy atom. The maximum absolute atomic E-state index is 12.2. The number of carbonyl (C=O) groups excluding carboxylic acids is 1. The van der Waals surface area contributed by atoms with Crippen molar-refractivity contribution >= 4 is 5.78 Å². The fourth-order valence-corrected chi connectivity index (χ4v) is 1.37. The van der Waals surface area contributed by atoms with Gasteiger partial charge in [0.2, 0.25) is 0 Å². The summed E-state index contributed by atoms with van der Waals surface area (Å²) in [4.78, 5) is 12.2. The Labute approximate surface area is 106 Å². The van der Waals surface area contributed by atoms with Crippen molar-refractivity contribution < 1.29 is 14.6 Å². The van der Waals surface area contributed by atoms with Crippen LogP contribution in [0.25, 0.3) is 0 Å². The third kappa shape index (κ3) is 5.64. The number of hydrogen-bond donors (Lipinski definition) is 1. The Morgan fingerprint density at radius 2 is 1.65 bits per heavy atom. The van der Waals surface area contributed by atoms with E-state index in [1.165, 1.54) is 0 Å². The molecule has 0 aliphatic rings. The Kier molecular flexibility index (Phi) is 5.82. The maximum atomic E-state index is 12.2. The van der Waals surface area contributed by atoms with E-state index in [2.05, 4.69) is 0 Å². The number of ketones is 1. The summed E-state index contributed by atoms with van der Waals surface area (Å²) < 4.78 is 5.51. The fourth-order valence-electron chi connectivity index (χ4n) is 1.37. The van der Waals surface area contributed by atoms with Gasteiger partial charge in [0.1, 0.15) is 6.10 Å². The molecule has 0 aromatic heterocycles. The van der Waals surface area contributed by atoms with E-state index in [0.29, 0.717) is 13.0 Å².